The Bertz CT molecular complexity index is 385. The van der Waals surface area contributed by atoms with Gasteiger partial charge in [-0.2, -0.15) is 0 Å². The normalized spacial score (nSPS) is 12.5. The molecule has 0 saturated heterocycles. The molecule has 0 spiro atoms. The van der Waals surface area contributed by atoms with Crippen LogP contribution in [0.15, 0.2) is 24.3 Å². The van der Waals surface area contributed by atoms with Crippen LogP contribution in [0.5, 0.6) is 5.75 Å². The van der Waals surface area contributed by atoms with Crippen LogP contribution >= 0.6 is 11.6 Å². The van der Waals surface area contributed by atoms with Crippen LogP contribution in [0.2, 0.25) is 5.02 Å². The number of rotatable bonds is 6. The number of amides is 1. The Kier molecular flexibility index (Phi) is 5.25. The molecule has 0 aliphatic carbocycles. The molecule has 0 aliphatic heterocycles. The molecular formula is C12H17ClN2O2. The zero-order valence-electron chi connectivity index (χ0n) is 10.0. The Morgan fingerprint density at radius 2 is 2.29 bits per heavy atom. The maximum atomic E-state index is 10.9. The van der Waals surface area contributed by atoms with Gasteiger partial charge in [0.05, 0.1) is 6.04 Å². The van der Waals surface area contributed by atoms with Crippen molar-refractivity contribution in [2.45, 2.75) is 13.0 Å². The first kappa shape index (κ1) is 13.8. The molecule has 0 heterocycles. The van der Waals surface area contributed by atoms with Crippen molar-refractivity contribution < 1.29 is 9.53 Å². The summed E-state index contributed by atoms with van der Waals surface area (Å²) >= 11 is 5.83. The van der Waals surface area contributed by atoms with Crippen molar-refractivity contribution in [3.05, 3.63) is 29.3 Å². The van der Waals surface area contributed by atoms with Crippen LogP contribution in [0.1, 0.15) is 6.92 Å². The molecule has 94 valence electrons. The van der Waals surface area contributed by atoms with E-state index in [-0.39, 0.29) is 11.9 Å². The first-order chi connectivity index (χ1) is 8.00. The van der Waals surface area contributed by atoms with Gasteiger partial charge in [0.25, 0.3) is 0 Å². The molecule has 0 saturated carbocycles. The van der Waals surface area contributed by atoms with E-state index in [2.05, 4.69) is 0 Å². The summed E-state index contributed by atoms with van der Waals surface area (Å²) in [5.41, 5.74) is 5.20. The highest BCUT2D eigenvalue weighted by Gasteiger charge is 2.14. The number of primary amides is 1. The highest BCUT2D eigenvalue weighted by atomic mass is 35.5. The van der Waals surface area contributed by atoms with Gasteiger partial charge in [-0.1, -0.05) is 17.7 Å². The Morgan fingerprint density at radius 1 is 1.59 bits per heavy atom. The molecule has 0 bridgehead atoms. The fourth-order valence-electron chi connectivity index (χ4n) is 1.28. The van der Waals surface area contributed by atoms with Gasteiger partial charge in [-0.3, -0.25) is 9.69 Å². The number of nitrogens with zero attached hydrogens (tertiary/aromatic N) is 1. The lowest BCUT2D eigenvalue weighted by atomic mass is 10.3. The fraction of sp³-hybridized carbons (Fsp3) is 0.417. The van der Waals surface area contributed by atoms with Gasteiger partial charge in [0.2, 0.25) is 5.91 Å². The summed E-state index contributed by atoms with van der Waals surface area (Å²) in [6.45, 7) is 2.87. The molecule has 1 atom stereocenters. The minimum absolute atomic E-state index is 0.294. The largest absolute Gasteiger partial charge is 0.492 e. The van der Waals surface area contributed by atoms with Gasteiger partial charge in [0, 0.05) is 11.6 Å². The maximum absolute atomic E-state index is 10.9. The summed E-state index contributed by atoms with van der Waals surface area (Å²) in [7, 11) is 1.83. The molecule has 5 heteroatoms. The van der Waals surface area contributed by atoms with Crippen LogP contribution < -0.4 is 10.5 Å². The Labute approximate surface area is 106 Å². The van der Waals surface area contributed by atoms with Gasteiger partial charge in [-0.05, 0) is 32.2 Å². The third-order valence-electron chi connectivity index (χ3n) is 2.58. The lowest BCUT2D eigenvalue weighted by Gasteiger charge is -2.21. The first-order valence-electron chi connectivity index (χ1n) is 5.38. The summed E-state index contributed by atoms with van der Waals surface area (Å²) in [5.74, 6) is 0.382. The summed E-state index contributed by atoms with van der Waals surface area (Å²) < 4.78 is 5.51. The van der Waals surface area contributed by atoms with E-state index in [1.807, 2.05) is 24.1 Å². The number of benzene rings is 1. The molecule has 0 aromatic heterocycles. The van der Waals surface area contributed by atoms with Crippen molar-refractivity contribution in [2.24, 2.45) is 5.73 Å². The van der Waals surface area contributed by atoms with Crippen molar-refractivity contribution in [1.82, 2.24) is 4.90 Å². The van der Waals surface area contributed by atoms with Crippen molar-refractivity contribution in [3.8, 4) is 5.75 Å². The fourth-order valence-corrected chi connectivity index (χ4v) is 1.46. The summed E-state index contributed by atoms with van der Waals surface area (Å²) in [6.07, 6.45) is 0. The van der Waals surface area contributed by atoms with E-state index >= 15 is 0 Å². The van der Waals surface area contributed by atoms with Gasteiger partial charge in [-0.15, -0.1) is 0 Å². The predicted octanol–water partition coefficient (Wildman–Crippen LogP) is 1.52. The molecule has 1 unspecified atom stereocenters. The van der Waals surface area contributed by atoms with Crippen LogP contribution in [0.4, 0.5) is 0 Å². The Balaban J connectivity index is 2.35. The molecule has 0 fully saturated rings. The van der Waals surface area contributed by atoms with Crippen molar-refractivity contribution in [3.63, 3.8) is 0 Å². The molecule has 1 rings (SSSR count). The minimum Gasteiger partial charge on any atom is -0.492 e. The predicted molar refractivity (Wildman–Crippen MR) is 68.2 cm³/mol. The lowest BCUT2D eigenvalue weighted by Crippen LogP contribution is -2.41. The summed E-state index contributed by atoms with van der Waals surface area (Å²) in [4.78, 5) is 12.8. The molecule has 0 aliphatic rings. The average Bonchev–Trinajstić information content (AvgIpc) is 2.27. The van der Waals surface area contributed by atoms with Crippen molar-refractivity contribution in [2.75, 3.05) is 20.2 Å². The van der Waals surface area contributed by atoms with Crippen molar-refractivity contribution in [1.29, 1.82) is 0 Å². The molecule has 4 nitrogen and oxygen atoms in total. The lowest BCUT2D eigenvalue weighted by molar-refractivity contribution is -0.122. The van der Waals surface area contributed by atoms with Crippen LogP contribution in [0.3, 0.4) is 0 Å². The van der Waals surface area contributed by atoms with Gasteiger partial charge < -0.3 is 10.5 Å². The van der Waals surface area contributed by atoms with E-state index in [1.54, 1.807) is 19.1 Å². The van der Waals surface area contributed by atoms with E-state index in [0.717, 1.165) is 5.75 Å². The number of carbonyl (C=O) groups excluding carboxylic acids is 1. The second-order valence-corrected chi connectivity index (χ2v) is 4.30. The van der Waals surface area contributed by atoms with Crippen LogP contribution in [0.25, 0.3) is 0 Å². The molecular weight excluding hydrogens is 240 g/mol. The van der Waals surface area contributed by atoms with Gasteiger partial charge >= 0.3 is 0 Å². The third-order valence-corrected chi connectivity index (χ3v) is 2.82. The molecule has 1 amide bonds. The van der Waals surface area contributed by atoms with E-state index < -0.39 is 0 Å². The van der Waals surface area contributed by atoms with Crippen LogP contribution in [0, 0.1) is 0 Å². The van der Waals surface area contributed by atoms with Crippen molar-refractivity contribution >= 4 is 17.5 Å². The van der Waals surface area contributed by atoms with Gasteiger partial charge in [-0.25, -0.2) is 0 Å². The number of carbonyl (C=O) groups is 1. The number of hydrogen-bond donors (Lipinski definition) is 1. The highest BCUT2D eigenvalue weighted by Crippen LogP contribution is 2.16. The topological polar surface area (TPSA) is 55.6 Å². The zero-order valence-corrected chi connectivity index (χ0v) is 10.8. The quantitative estimate of drug-likeness (QED) is 0.840. The monoisotopic (exact) mass is 256 g/mol. The van der Waals surface area contributed by atoms with E-state index in [9.17, 15) is 4.79 Å². The van der Waals surface area contributed by atoms with Crippen LogP contribution in [-0.2, 0) is 4.79 Å². The number of halogens is 1. The molecule has 1 aromatic rings. The SMILES string of the molecule is CC(C(N)=O)N(C)CCOc1cccc(Cl)c1. The standard InChI is InChI=1S/C12H17ClN2O2/c1-9(12(14)16)15(2)6-7-17-11-5-3-4-10(13)8-11/h3-5,8-9H,6-7H2,1-2H3,(H2,14,16). The Morgan fingerprint density at radius 3 is 2.88 bits per heavy atom. The summed E-state index contributed by atoms with van der Waals surface area (Å²) in [6, 6.07) is 6.91. The number of hydrogen-bond acceptors (Lipinski definition) is 3. The number of nitrogens with two attached hydrogens (primary N) is 1. The second kappa shape index (κ2) is 6.47. The molecule has 2 N–H and O–H groups in total. The smallest absolute Gasteiger partial charge is 0.234 e. The number of ether oxygens (including phenoxy) is 1. The first-order valence-corrected chi connectivity index (χ1v) is 5.76. The van der Waals surface area contributed by atoms with Crippen LogP contribution in [-0.4, -0.2) is 37.0 Å². The summed E-state index contributed by atoms with van der Waals surface area (Å²) in [5, 5.41) is 0.640. The third kappa shape index (κ3) is 4.63. The van der Waals surface area contributed by atoms with E-state index in [1.165, 1.54) is 0 Å². The van der Waals surface area contributed by atoms with E-state index in [0.29, 0.717) is 18.2 Å². The second-order valence-electron chi connectivity index (χ2n) is 3.86. The minimum atomic E-state index is -0.338. The van der Waals surface area contributed by atoms with Gasteiger partial charge in [0.15, 0.2) is 0 Å². The maximum Gasteiger partial charge on any atom is 0.234 e. The Hall–Kier alpha value is -1.26. The highest BCUT2D eigenvalue weighted by molar-refractivity contribution is 6.30. The number of likely N-dealkylation sites (N-methyl/N-ethyl adjacent to an activating group) is 1. The molecule has 17 heavy (non-hydrogen) atoms. The molecule has 0 radical (unpaired) electrons. The van der Waals surface area contributed by atoms with Gasteiger partial charge in [0.1, 0.15) is 12.4 Å². The average molecular weight is 257 g/mol. The molecule has 1 aromatic carbocycles. The van der Waals surface area contributed by atoms with E-state index in [4.69, 9.17) is 22.1 Å². The zero-order chi connectivity index (χ0) is 12.8.